The van der Waals surface area contributed by atoms with Crippen LogP contribution in [-0.2, 0) is 10.0 Å². The molecule has 2 aromatic heterocycles. The Labute approximate surface area is 171 Å². The largest absolute Gasteiger partial charge is 0.367 e. The van der Waals surface area contributed by atoms with Crippen LogP contribution >= 0.6 is 0 Å². The first-order valence-electron chi connectivity index (χ1n) is 9.96. The maximum Gasteiger partial charge on any atom is 0.208 e. The Morgan fingerprint density at radius 2 is 1.66 bits per heavy atom. The predicted octanol–water partition coefficient (Wildman–Crippen LogP) is 3.51. The van der Waals surface area contributed by atoms with Crippen LogP contribution in [0.2, 0.25) is 0 Å². The second-order valence-electron chi connectivity index (χ2n) is 7.94. The van der Waals surface area contributed by atoms with Crippen LogP contribution in [0, 0.1) is 13.8 Å². The minimum atomic E-state index is -3.16. The highest BCUT2D eigenvalue weighted by Crippen LogP contribution is 2.31. The van der Waals surface area contributed by atoms with E-state index in [2.05, 4.69) is 21.9 Å². The third kappa shape index (κ3) is 4.43. The van der Waals surface area contributed by atoms with Crippen molar-refractivity contribution in [2.45, 2.75) is 51.6 Å². The Morgan fingerprint density at radius 3 is 2.31 bits per heavy atom. The number of H-pyrrole nitrogens is 1. The van der Waals surface area contributed by atoms with E-state index in [-0.39, 0.29) is 12.1 Å². The fourth-order valence-electron chi connectivity index (χ4n) is 4.04. The van der Waals surface area contributed by atoms with Crippen molar-refractivity contribution < 1.29 is 8.42 Å². The number of rotatable bonds is 5. The van der Waals surface area contributed by atoms with Crippen molar-refractivity contribution in [1.82, 2.24) is 19.7 Å². The molecule has 1 fully saturated rings. The number of hydrogen-bond donors (Lipinski definition) is 3. The molecule has 3 aromatic rings. The van der Waals surface area contributed by atoms with Crippen molar-refractivity contribution in [3.05, 3.63) is 41.6 Å². The summed E-state index contributed by atoms with van der Waals surface area (Å²) in [5.41, 5.74) is 4.05. The smallest absolute Gasteiger partial charge is 0.208 e. The molecule has 7 nitrogen and oxygen atoms in total. The van der Waals surface area contributed by atoms with Gasteiger partial charge in [-0.2, -0.15) is 0 Å². The number of nitrogens with zero attached hydrogens (tertiary/aromatic N) is 2. The van der Waals surface area contributed by atoms with Gasteiger partial charge in [0.05, 0.1) is 11.6 Å². The van der Waals surface area contributed by atoms with Crippen LogP contribution in [0.1, 0.15) is 36.9 Å². The van der Waals surface area contributed by atoms with Crippen molar-refractivity contribution in [3.63, 3.8) is 0 Å². The van der Waals surface area contributed by atoms with E-state index in [0.29, 0.717) is 5.82 Å². The van der Waals surface area contributed by atoms with Gasteiger partial charge in [0.25, 0.3) is 0 Å². The van der Waals surface area contributed by atoms with E-state index in [1.807, 2.05) is 37.3 Å². The molecule has 4 rings (SSSR count). The number of anilines is 1. The summed E-state index contributed by atoms with van der Waals surface area (Å²) in [7, 11) is -3.16. The highest BCUT2D eigenvalue weighted by Gasteiger charge is 2.25. The van der Waals surface area contributed by atoms with Crippen LogP contribution in [0.5, 0.6) is 0 Å². The number of sulfonamides is 1. The Bertz CT molecular complexity index is 1120. The van der Waals surface area contributed by atoms with Crippen molar-refractivity contribution in [3.8, 4) is 11.4 Å². The summed E-state index contributed by atoms with van der Waals surface area (Å²) in [6, 6.07) is 10.2. The van der Waals surface area contributed by atoms with Crippen LogP contribution in [-0.4, -0.2) is 41.7 Å². The molecule has 1 aliphatic carbocycles. The number of hydrogen-bond acceptors (Lipinski definition) is 5. The number of benzene rings is 1. The predicted molar refractivity (Wildman–Crippen MR) is 116 cm³/mol. The van der Waals surface area contributed by atoms with Gasteiger partial charge in [-0.15, -0.1) is 0 Å². The molecule has 0 unspecified atom stereocenters. The van der Waals surface area contributed by atoms with E-state index in [9.17, 15) is 8.42 Å². The fourth-order valence-corrected chi connectivity index (χ4v) is 4.88. The third-order valence-electron chi connectivity index (χ3n) is 5.63. The van der Waals surface area contributed by atoms with Gasteiger partial charge >= 0.3 is 0 Å². The first kappa shape index (κ1) is 19.8. The standard InChI is InChI=1S/C21H27N5O2S/c1-13-14(2)22-20-18(13)21(25-19(24-20)15-7-5-4-6-8-15)23-16-9-11-17(12-10-16)26-29(3,27)28/h4-8,16-17,26H,9-12H2,1-3H3,(H2,22,23,24,25)/t16-,17-. The summed E-state index contributed by atoms with van der Waals surface area (Å²) in [6.07, 6.45) is 4.63. The highest BCUT2D eigenvalue weighted by atomic mass is 32.2. The molecule has 1 aliphatic rings. The zero-order valence-electron chi connectivity index (χ0n) is 17.0. The fraction of sp³-hybridized carbons (Fsp3) is 0.429. The number of aryl methyl sites for hydroxylation is 2. The van der Waals surface area contributed by atoms with Gasteiger partial charge < -0.3 is 10.3 Å². The van der Waals surface area contributed by atoms with Crippen LogP contribution < -0.4 is 10.0 Å². The minimum Gasteiger partial charge on any atom is -0.367 e. The van der Waals surface area contributed by atoms with Crippen LogP contribution in [0.4, 0.5) is 5.82 Å². The van der Waals surface area contributed by atoms with Gasteiger partial charge in [-0.3, -0.25) is 0 Å². The van der Waals surface area contributed by atoms with Gasteiger partial charge in [-0.25, -0.2) is 23.1 Å². The Balaban J connectivity index is 1.61. The quantitative estimate of drug-likeness (QED) is 0.594. The lowest BCUT2D eigenvalue weighted by molar-refractivity contribution is 0.388. The average Bonchev–Trinajstić information content (AvgIpc) is 2.97. The van der Waals surface area contributed by atoms with Crippen LogP contribution in [0.15, 0.2) is 30.3 Å². The van der Waals surface area contributed by atoms with Gasteiger partial charge in [0.2, 0.25) is 10.0 Å². The first-order valence-corrected chi connectivity index (χ1v) is 11.9. The Morgan fingerprint density at radius 1 is 1.00 bits per heavy atom. The number of aromatic nitrogens is 3. The van der Waals surface area contributed by atoms with Crippen molar-refractivity contribution in [1.29, 1.82) is 0 Å². The second-order valence-corrected chi connectivity index (χ2v) is 9.72. The zero-order valence-corrected chi connectivity index (χ0v) is 17.8. The molecule has 1 aromatic carbocycles. The number of nitrogens with one attached hydrogen (secondary N) is 3. The van der Waals surface area contributed by atoms with Crippen LogP contribution in [0.3, 0.4) is 0 Å². The summed E-state index contributed by atoms with van der Waals surface area (Å²) < 4.78 is 25.7. The molecule has 29 heavy (non-hydrogen) atoms. The highest BCUT2D eigenvalue weighted by molar-refractivity contribution is 7.88. The lowest BCUT2D eigenvalue weighted by Crippen LogP contribution is -2.39. The van der Waals surface area contributed by atoms with Gasteiger partial charge in [-0.05, 0) is 45.1 Å². The van der Waals surface area contributed by atoms with Gasteiger partial charge in [0.1, 0.15) is 11.5 Å². The Hall–Kier alpha value is -2.45. The minimum absolute atomic E-state index is 0.0181. The summed E-state index contributed by atoms with van der Waals surface area (Å²) in [6.45, 7) is 4.13. The van der Waals surface area contributed by atoms with E-state index in [4.69, 9.17) is 9.97 Å². The van der Waals surface area contributed by atoms with E-state index < -0.39 is 10.0 Å². The van der Waals surface area contributed by atoms with Gasteiger partial charge in [-0.1, -0.05) is 30.3 Å². The van der Waals surface area contributed by atoms with E-state index in [0.717, 1.165) is 59.4 Å². The van der Waals surface area contributed by atoms with E-state index >= 15 is 0 Å². The molecular weight excluding hydrogens is 386 g/mol. The summed E-state index contributed by atoms with van der Waals surface area (Å²) in [5.74, 6) is 1.53. The maximum absolute atomic E-state index is 11.5. The third-order valence-corrected chi connectivity index (χ3v) is 6.39. The first-order chi connectivity index (χ1) is 13.8. The molecule has 0 aliphatic heterocycles. The molecule has 0 bridgehead atoms. The normalized spacial score (nSPS) is 20.1. The van der Waals surface area contributed by atoms with Crippen molar-refractivity contribution in [2.75, 3.05) is 11.6 Å². The molecule has 2 heterocycles. The molecule has 1 saturated carbocycles. The molecule has 0 atom stereocenters. The maximum atomic E-state index is 11.5. The second kappa shape index (κ2) is 7.76. The average molecular weight is 414 g/mol. The molecule has 8 heteroatoms. The molecule has 154 valence electrons. The number of aromatic amines is 1. The summed E-state index contributed by atoms with van der Waals surface area (Å²) in [5, 5.41) is 4.65. The zero-order chi connectivity index (χ0) is 20.6. The van der Waals surface area contributed by atoms with E-state index in [1.165, 1.54) is 6.26 Å². The van der Waals surface area contributed by atoms with Crippen molar-refractivity contribution in [2.24, 2.45) is 0 Å². The lowest BCUT2D eigenvalue weighted by Gasteiger charge is -2.29. The van der Waals surface area contributed by atoms with Crippen LogP contribution in [0.25, 0.3) is 22.4 Å². The van der Waals surface area contributed by atoms with Crippen molar-refractivity contribution >= 4 is 26.9 Å². The van der Waals surface area contributed by atoms with Gasteiger partial charge in [0.15, 0.2) is 5.82 Å². The lowest BCUT2D eigenvalue weighted by atomic mass is 9.92. The summed E-state index contributed by atoms with van der Waals surface area (Å²) >= 11 is 0. The molecule has 3 N–H and O–H groups in total. The molecule has 0 saturated heterocycles. The SMILES string of the molecule is Cc1[nH]c2nc(-c3ccccc3)nc(N[C@H]3CC[C@H](NS(C)(=O)=O)CC3)c2c1C. The molecule has 0 spiro atoms. The molecule has 0 amide bonds. The topological polar surface area (TPSA) is 99.8 Å². The molecular formula is C21H27N5O2S. The van der Waals surface area contributed by atoms with E-state index in [1.54, 1.807) is 0 Å². The molecule has 0 radical (unpaired) electrons. The summed E-state index contributed by atoms with van der Waals surface area (Å²) in [4.78, 5) is 13.0. The number of fused-ring (bicyclic) bond motifs is 1. The van der Waals surface area contributed by atoms with Gasteiger partial charge in [0, 0.05) is 23.3 Å². The monoisotopic (exact) mass is 413 g/mol. The Kier molecular flexibility index (Phi) is 5.31.